The summed E-state index contributed by atoms with van der Waals surface area (Å²) in [4.78, 5) is 0. The number of thiol groups is 1. The molecule has 0 atom stereocenters. The van der Waals surface area contributed by atoms with Gasteiger partial charge in [-0.1, -0.05) is 64.7 Å². The van der Waals surface area contributed by atoms with E-state index in [2.05, 4.69) is 19.6 Å². The fourth-order valence-corrected chi connectivity index (χ4v) is 1.82. The molecule has 15 heavy (non-hydrogen) atoms. The molecular formula is C12H27KOS. The van der Waals surface area contributed by atoms with E-state index in [0.717, 1.165) is 5.75 Å². The maximum Gasteiger partial charge on any atom is 1.00 e. The van der Waals surface area contributed by atoms with Crippen LogP contribution in [0.5, 0.6) is 0 Å². The first-order chi connectivity index (χ1) is 6.41. The van der Waals surface area contributed by atoms with E-state index in [1.54, 1.807) is 0 Å². The van der Waals surface area contributed by atoms with Crippen molar-refractivity contribution in [3.05, 3.63) is 0 Å². The van der Waals surface area contributed by atoms with Crippen LogP contribution in [0.4, 0.5) is 0 Å². The van der Waals surface area contributed by atoms with Gasteiger partial charge in [0.15, 0.2) is 0 Å². The van der Waals surface area contributed by atoms with Crippen LogP contribution in [0.1, 0.15) is 71.1 Å². The van der Waals surface area contributed by atoms with E-state index >= 15 is 0 Å². The van der Waals surface area contributed by atoms with Gasteiger partial charge in [-0.3, -0.25) is 0 Å². The standard InChI is InChI=1S/C12H26S.K.H2O/c1-2-3-4-5-6-7-8-9-10-11-12-13;;/h13H,2-12H2,1H3;;1H2/q;+1;/p-1. The van der Waals surface area contributed by atoms with Crippen molar-refractivity contribution in [2.75, 3.05) is 5.75 Å². The van der Waals surface area contributed by atoms with Crippen LogP contribution in [0, 0.1) is 0 Å². The van der Waals surface area contributed by atoms with Crippen LogP contribution in [-0.4, -0.2) is 11.2 Å². The molecular weight excluding hydrogens is 231 g/mol. The SMILES string of the molecule is CCCCCCCCCCCCS.[K+].[OH-]. The Kier molecular flexibility index (Phi) is 31.4. The first kappa shape index (κ1) is 22.2. The quantitative estimate of drug-likeness (QED) is 0.360. The minimum Gasteiger partial charge on any atom is -0.870 e. The maximum atomic E-state index is 4.20. The third kappa shape index (κ3) is 21.7. The van der Waals surface area contributed by atoms with E-state index in [1.165, 1.54) is 64.2 Å². The minimum absolute atomic E-state index is 0. The van der Waals surface area contributed by atoms with E-state index in [0.29, 0.717) is 0 Å². The summed E-state index contributed by atoms with van der Waals surface area (Å²) in [6.45, 7) is 2.28. The third-order valence-electron chi connectivity index (χ3n) is 2.51. The van der Waals surface area contributed by atoms with Crippen molar-refractivity contribution in [2.45, 2.75) is 71.1 Å². The molecule has 0 spiro atoms. The van der Waals surface area contributed by atoms with E-state index < -0.39 is 0 Å². The van der Waals surface area contributed by atoms with E-state index in [-0.39, 0.29) is 56.9 Å². The van der Waals surface area contributed by atoms with Crippen molar-refractivity contribution < 1.29 is 56.9 Å². The molecule has 0 aromatic carbocycles. The van der Waals surface area contributed by atoms with Crippen LogP contribution in [0.15, 0.2) is 0 Å². The van der Waals surface area contributed by atoms with Crippen molar-refractivity contribution in [1.82, 2.24) is 0 Å². The van der Waals surface area contributed by atoms with Crippen molar-refractivity contribution >= 4 is 12.6 Å². The minimum atomic E-state index is 0. The molecule has 0 aromatic rings. The molecule has 0 saturated heterocycles. The second-order valence-electron chi connectivity index (χ2n) is 3.91. The van der Waals surface area contributed by atoms with Gasteiger partial charge < -0.3 is 5.48 Å². The van der Waals surface area contributed by atoms with Crippen molar-refractivity contribution in [3.8, 4) is 0 Å². The monoisotopic (exact) mass is 258 g/mol. The van der Waals surface area contributed by atoms with Gasteiger partial charge in [-0.15, -0.1) is 0 Å². The Morgan fingerprint density at radius 2 is 1.00 bits per heavy atom. The van der Waals surface area contributed by atoms with Gasteiger partial charge in [0.25, 0.3) is 0 Å². The van der Waals surface area contributed by atoms with Gasteiger partial charge in [0.2, 0.25) is 0 Å². The van der Waals surface area contributed by atoms with Crippen LogP contribution in [0.25, 0.3) is 0 Å². The summed E-state index contributed by atoms with van der Waals surface area (Å²) >= 11 is 4.20. The first-order valence-corrected chi connectivity index (χ1v) is 6.66. The second-order valence-corrected chi connectivity index (χ2v) is 4.35. The van der Waals surface area contributed by atoms with Crippen molar-refractivity contribution in [3.63, 3.8) is 0 Å². The molecule has 88 valence electrons. The van der Waals surface area contributed by atoms with E-state index in [1.807, 2.05) is 0 Å². The van der Waals surface area contributed by atoms with Gasteiger partial charge in [0, 0.05) is 0 Å². The molecule has 1 N–H and O–H groups in total. The van der Waals surface area contributed by atoms with Crippen molar-refractivity contribution in [1.29, 1.82) is 0 Å². The predicted molar refractivity (Wildman–Crippen MR) is 67.6 cm³/mol. The zero-order valence-electron chi connectivity index (χ0n) is 10.7. The molecule has 3 heteroatoms. The Hall–Kier alpha value is 1.95. The summed E-state index contributed by atoms with van der Waals surface area (Å²) in [7, 11) is 0. The van der Waals surface area contributed by atoms with Gasteiger partial charge in [-0.05, 0) is 12.2 Å². The number of rotatable bonds is 10. The third-order valence-corrected chi connectivity index (χ3v) is 2.83. The number of hydrogen-bond donors (Lipinski definition) is 1. The topological polar surface area (TPSA) is 30.0 Å². The molecule has 0 amide bonds. The average molecular weight is 259 g/mol. The molecule has 1 nitrogen and oxygen atoms in total. The Balaban J connectivity index is -0.000000720. The smallest absolute Gasteiger partial charge is 0.870 e. The molecule has 0 bridgehead atoms. The zero-order valence-corrected chi connectivity index (χ0v) is 14.7. The van der Waals surface area contributed by atoms with Gasteiger partial charge in [-0.2, -0.15) is 12.6 Å². The normalized spacial score (nSPS) is 9.20. The molecule has 0 aliphatic rings. The summed E-state index contributed by atoms with van der Waals surface area (Å²) < 4.78 is 0. The Morgan fingerprint density at radius 1 is 0.667 bits per heavy atom. The van der Waals surface area contributed by atoms with Crippen molar-refractivity contribution in [2.24, 2.45) is 0 Å². The molecule has 0 rings (SSSR count). The molecule has 0 saturated carbocycles. The number of hydrogen-bond acceptors (Lipinski definition) is 2. The summed E-state index contributed by atoms with van der Waals surface area (Å²) in [6.07, 6.45) is 14.2. The molecule has 0 heterocycles. The summed E-state index contributed by atoms with van der Waals surface area (Å²) in [5, 5.41) is 0. The molecule has 0 fully saturated rings. The average Bonchev–Trinajstić information content (AvgIpc) is 2.16. The molecule has 0 radical (unpaired) electrons. The van der Waals surface area contributed by atoms with Crippen LogP contribution >= 0.6 is 12.6 Å². The first-order valence-electron chi connectivity index (χ1n) is 6.02. The van der Waals surface area contributed by atoms with Gasteiger partial charge in [0.05, 0.1) is 0 Å². The van der Waals surface area contributed by atoms with Crippen LogP contribution < -0.4 is 51.4 Å². The van der Waals surface area contributed by atoms with E-state index in [9.17, 15) is 0 Å². The Morgan fingerprint density at radius 3 is 1.33 bits per heavy atom. The Labute approximate surface area is 144 Å². The maximum absolute atomic E-state index is 4.20. The molecule has 0 unspecified atom stereocenters. The fourth-order valence-electron chi connectivity index (χ4n) is 1.60. The van der Waals surface area contributed by atoms with Gasteiger partial charge in [-0.25, -0.2) is 0 Å². The molecule has 0 aliphatic carbocycles. The Bertz CT molecular complexity index is 81.7. The van der Waals surface area contributed by atoms with E-state index in [4.69, 9.17) is 0 Å². The van der Waals surface area contributed by atoms with Gasteiger partial charge in [0.1, 0.15) is 0 Å². The molecule has 0 aromatic heterocycles. The van der Waals surface area contributed by atoms with Crippen LogP contribution in [0.3, 0.4) is 0 Å². The number of unbranched alkanes of at least 4 members (excludes halogenated alkanes) is 9. The largest absolute Gasteiger partial charge is 1.00 e. The van der Waals surface area contributed by atoms with Gasteiger partial charge >= 0.3 is 51.4 Å². The summed E-state index contributed by atoms with van der Waals surface area (Å²) in [6, 6.07) is 0. The summed E-state index contributed by atoms with van der Waals surface area (Å²) in [5.41, 5.74) is 0. The summed E-state index contributed by atoms with van der Waals surface area (Å²) in [5.74, 6) is 1.07. The van der Waals surface area contributed by atoms with Crippen LogP contribution in [0.2, 0.25) is 0 Å². The second kappa shape index (κ2) is 21.3. The van der Waals surface area contributed by atoms with Crippen LogP contribution in [-0.2, 0) is 0 Å². The zero-order chi connectivity index (χ0) is 9.78. The molecule has 0 aliphatic heterocycles. The predicted octanol–water partition coefficient (Wildman–Crippen LogP) is 1.66. The fraction of sp³-hybridized carbons (Fsp3) is 1.00.